The number of nitriles is 1. The Morgan fingerprint density at radius 1 is 1.56 bits per heavy atom. The van der Waals surface area contributed by atoms with Crippen LogP contribution in [0.25, 0.3) is 0 Å². The molecule has 2 N–H and O–H groups in total. The minimum Gasteiger partial charge on any atom is -0.367 e. The van der Waals surface area contributed by atoms with Crippen molar-refractivity contribution in [2.24, 2.45) is 5.73 Å². The Hall–Kier alpha value is -1.24. The predicted molar refractivity (Wildman–Crippen MR) is 65.6 cm³/mol. The maximum absolute atomic E-state index is 8.80. The number of hydrogen-bond donors (Lipinski definition) is 1. The molecule has 1 fully saturated rings. The monoisotopic (exact) mass is 235 g/mol. The Balaban J connectivity index is 2.29. The summed E-state index contributed by atoms with van der Waals surface area (Å²) in [5.41, 5.74) is 7.48. The molecule has 0 bridgehead atoms. The van der Waals surface area contributed by atoms with E-state index in [1.165, 1.54) is 0 Å². The maximum atomic E-state index is 8.80. The second-order valence-electron chi connectivity index (χ2n) is 4.27. The van der Waals surface area contributed by atoms with E-state index in [1.54, 1.807) is 6.07 Å². The first-order valence-corrected chi connectivity index (χ1v) is 5.71. The average Bonchev–Trinajstić information content (AvgIpc) is 2.58. The number of nitrogens with two attached hydrogens (primary N) is 1. The Labute approximate surface area is 100 Å². The zero-order valence-corrected chi connectivity index (χ0v) is 9.91. The smallest absolute Gasteiger partial charge is 0.101 e. The van der Waals surface area contributed by atoms with Crippen LogP contribution in [0.1, 0.15) is 18.9 Å². The van der Waals surface area contributed by atoms with Crippen molar-refractivity contribution < 1.29 is 0 Å². The zero-order valence-electron chi connectivity index (χ0n) is 9.15. The molecule has 0 radical (unpaired) electrons. The fourth-order valence-corrected chi connectivity index (χ4v) is 2.42. The Morgan fingerprint density at radius 2 is 2.31 bits per heavy atom. The molecule has 84 valence electrons. The fourth-order valence-electron chi connectivity index (χ4n) is 2.21. The van der Waals surface area contributed by atoms with Crippen LogP contribution in [0.3, 0.4) is 0 Å². The van der Waals surface area contributed by atoms with E-state index in [-0.39, 0.29) is 6.04 Å². The Morgan fingerprint density at radius 3 is 2.81 bits per heavy atom. The van der Waals surface area contributed by atoms with Gasteiger partial charge in [-0.15, -0.1) is 0 Å². The van der Waals surface area contributed by atoms with Crippen molar-refractivity contribution in [2.75, 3.05) is 11.4 Å². The lowest BCUT2D eigenvalue weighted by Crippen LogP contribution is -2.29. The summed E-state index contributed by atoms with van der Waals surface area (Å²) >= 11 is 6.01. The van der Waals surface area contributed by atoms with Gasteiger partial charge in [-0.2, -0.15) is 5.26 Å². The Kier molecular flexibility index (Phi) is 3.04. The summed E-state index contributed by atoms with van der Waals surface area (Å²) in [6, 6.07) is 8.24. The van der Waals surface area contributed by atoms with E-state index < -0.39 is 0 Å². The molecule has 0 aromatic heterocycles. The molecule has 1 aromatic rings. The highest BCUT2D eigenvalue weighted by atomic mass is 35.5. The molecular weight excluding hydrogens is 222 g/mol. The van der Waals surface area contributed by atoms with Crippen molar-refractivity contribution in [3.05, 3.63) is 28.8 Å². The van der Waals surface area contributed by atoms with E-state index in [1.807, 2.05) is 12.1 Å². The van der Waals surface area contributed by atoms with Crippen molar-refractivity contribution in [3.8, 4) is 6.07 Å². The van der Waals surface area contributed by atoms with Gasteiger partial charge < -0.3 is 10.6 Å². The van der Waals surface area contributed by atoms with Gasteiger partial charge in [0.1, 0.15) is 6.07 Å². The lowest BCUT2D eigenvalue weighted by Gasteiger charge is -2.23. The molecule has 0 spiro atoms. The van der Waals surface area contributed by atoms with Gasteiger partial charge in [0, 0.05) is 24.3 Å². The van der Waals surface area contributed by atoms with Crippen LogP contribution in [0, 0.1) is 11.3 Å². The van der Waals surface area contributed by atoms with Crippen molar-refractivity contribution in [3.63, 3.8) is 0 Å². The van der Waals surface area contributed by atoms with Crippen LogP contribution in [0.5, 0.6) is 0 Å². The van der Waals surface area contributed by atoms with Crippen molar-refractivity contribution in [1.29, 1.82) is 5.26 Å². The van der Waals surface area contributed by atoms with Crippen LogP contribution in [0.4, 0.5) is 5.69 Å². The third-order valence-electron chi connectivity index (χ3n) is 3.01. The van der Waals surface area contributed by atoms with E-state index in [0.29, 0.717) is 16.6 Å². The number of benzene rings is 1. The molecule has 3 nitrogen and oxygen atoms in total. The van der Waals surface area contributed by atoms with E-state index in [4.69, 9.17) is 22.6 Å². The summed E-state index contributed by atoms with van der Waals surface area (Å²) in [5, 5.41) is 9.31. The van der Waals surface area contributed by atoms with Gasteiger partial charge in [0.2, 0.25) is 0 Å². The largest absolute Gasteiger partial charge is 0.367 e. The predicted octanol–water partition coefficient (Wildman–Crippen LogP) is 2.14. The topological polar surface area (TPSA) is 53.0 Å². The SMILES string of the molecule is CC1CC(N)CN1c1ccc(C#N)c(Cl)c1. The van der Waals surface area contributed by atoms with Crippen LogP contribution < -0.4 is 10.6 Å². The molecule has 0 amide bonds. The standard InChI is InChI=1S/C12H14ClN3/c1-8-4-10(15)7-16(8)11-3-2-9(6-14)12(13)5-11/h2-3,5,8,10H,4,7,15H2,1H3. The van der Waals surface area contributed by atoms with Crippen LogP contribution in [-0.2, 0) is 0 Å². The van der Waals surface area contributed by atoms with Crippen molar-refractivity contribution >= 4 is 17.3 Å². The van der Waals surface area contributed by atoms with Crippen LogP contribution in [0.2, 0.25) is 5.02 Å². The lowest BCUT2D eigenvalue weighted by atomic mass is 10.2. The summed E-state index contributed by atoms with van der Waals surface area (Å²) in [6.45, 7) is 3.00. The van der Waals surface area contributed by atoms with Crippen molar-refractivity contribution in [1.82, 2.24) is 0 Å². The van der Waals surface area contributed by atoms with Gasteiger partial charge in [0.25, 0.3) is 0 Å². The summed E-state index contributed by atoms with van der Waals surface area (Å²) < 4.78 is 0. The van der Waals surface area contributed by atoms with Gasteiger partial charge in [0.15, 0.2) is 0 Å². The normalized spacial score (nSPS) is 24.5. The molecule has 1 aliphatic heterocycles. The van der Waals surface area contributed by atoms with Crippen molar-refractivity contribution in [2.45, 2.75) is 25.4 Å². The first-order valence-electron chi connectivity index (χ1n) is 5.33. The molecule has 1 aromatic carbocycles. The third-order valence-corrected chi connectivity index (χ3v) is 3.32. The zero-order chi connectivity index (χ0) is 11.7. The fraction of sp³-hybridized carbons (Fsp3) is 0.417. The third kappa shape index (κ3) is 1.99. The van der Waals surface area contributed by atoms with Crippen LogP contribution in [-0.4, -0.2) is 18.6 Å². The first kappa shape index (κ1) is 11.3. The van der Waals surface area contributed by atoms with Gasteiger partial charge in [-0.05, 0) is 31.5 Å². The van der Waals surface area contributed by atoms with Gasteiger partial charge in [-0.1, -0.05) is 11.6 Å². The molecule has 0 saturated carbocycles. The highest BCUT2D eigenvalue weighted by Crippen LogP contribution is 2.28. The Bertz CT molecular complexity index is 438. The van der Waals surface area contributed by atoms with Gasteiger partial charge in [-0.25, -0.2) is 0 Å². The van der Waals surface area contributed by atoms with Crippen LogP contribution >= 0.6 is 11.6 Å². The molecule has 1 aliphatic rings. The van der Waals surface area contributed by atoms with E-state index in [0.717, 1.165) is 18.7 Å². The van der Waals surface area contributed by atoms with E-state index in [9.17, 15) is 0 Å². The number of anilines is 1. The first-order chi connectivity index (χ1) is 7.61. The molecule has 2 atom stereocenters. The highest BCUT2D eigenvalue weighted by Gasteiger charge is 2.26. The summed E-state index contributed by atoms with van der Waals surface area (Å²) in [5.74, 6) is 0. The molecule has 16 heavy (non-hydrogen) atoms. The number of nitrogens with zero attached hydrogens (tertiary/aromatic N) is 2. The number of halogens is 1. The quantitative estimate of drug-likeness (QED) is 0.812. The number of rotatable bonds is 1. The summed E-state index contributed by atoms with van der Waals surface area (Å²) in [4.78, 5) is 2.23. The minimum absolute atomic E-state index is 0.226. The molecule has 1 heterocycles. The van der Waals surface area contributed by atoms with Crippen LogP contribution in [0.15, 0.2) is 18.2 Å². The average molecular weight is 236 g/mol. The molecule has 2 rings (SSSR count). The molecule has 2 unspecified atom stereocenters. The minimum atomic E-state index is 0.226. The highest BCUT2D eigenvalue weighted by molar-refractivity contribution is 6.32. The maximum Gasteiger partial charge on any atom is 0.101 e. The molecular formula is C12H14ClN3. The lowest BCUT2D eigenvalue weighted by molar-refractivity contribution is 0.690. The number of hydrogen-bond acceptors (Lipinski definition) is 3. The van der Waals surface area contributed by atoms with E-state index in [2.05, 4.69) is 17.9 Å². The van der Waals surface area contributed by atoms with E-state index >= 15 is 0 Å². The molecule has 4 heteroatoms. The van der Waals surface area contributed by atoms with Gasteiger partial charge in [-0.3, -0.25) is 0 Å². The second-order valence-corrected chi connectivity index (χ2v) is 4.68. The molecule has 1 saturated heterocycles. The van der Waals surface area contributed by atoms with Gasteiger partial charge >= 0.3 is 0 Å². The molecule has 0 aliphatic carbocycles. The summed E-state index contributed by atoms with van der Waals surface area (Å²) in [6.07, 6.45) is 0.998. The van der Waals surface area contributed by atoms with Gasteiger partial charge in [0.05, 0.1) is 10.6 Å². The second kappa shape index (κ2) is 4.32. The summed E-state index contributed by atoms with van der Waals surface area (Å²) in [7, 11) is 0.